The Morgan fingerprint density at radius 1 is 1.45 bits per heavy atom. The van der Waals surface area contributed by atoms with Crippen LogP contribution >= 0.6 is 0 Å². The molecule has 2 aliphatic heterocycles. The molecule has 3 aliphatic rings. The van der Waals surface area contributed by atoms with E-state index in [2.05, 4.69) is 15.3 Å². The Labute approximate surface area is 126 Å². The van der Waals surface area contributed by atoms with E-state index in [0.717, 1.165) is 42.7 Å². The number of oxime groups is 1. The molecule has 1 fully saturated rings. The lowest BCUT2D eigenvalue weighted by atomic mass is 9.88. The molecule has 2 N–H and O–H groups in total. The number of carbonyl (C=O) groups is 2. The molecule has 1 saturated heterocycles. The van der Waals surface area contributed by atoms with Gasteiger partial charge < -0.3 is 19.9 Å². The lowest BCUT2D eigenvalue weighted by molar-refractivity contribution is 0.0945. The molecule has 1 unspecified atom stereocenters. The van der Waals surface area contributed by atoms with Crippen molar-refractivity contribution in [2.24, 2.45) is 5.16 Å². The first-order chi connectivity index (χ1) is 10.6. The van der Waals surface area contributed by atoms with E-state index in [9.17, 15) is 9.59 Å². The number of carbonyl (C=O) groups excluding carboxylic acids is 1. The minimum absolute atomic E-state index is 0.194. The van der Waals surface area contributed by atoms with E-state index in [-0.39, 0.29) is 6.61 Å². The van der Waals surface area contributed by atoms with Gasteiger partial charge in [0.05, 0.1) is 5.70 Å². The molecule has 0 aromatic heterocycles. The van der Waals surface area contributed by atoms with Crippen molar-refractivity contribution in [2.45, 2.75) is 31.8 Å². The third kappa shape index (κ3) is 2.90. The van der Waals surface area contributed by atoms with Crippen molar-refractivity contribution in [1.82, 2.24) is 5.32 Å². The molecule has 3 rings (SSSR count). The molecular formula is C14H16N2O6. The van der Waals surface area contributed by atoms with E-state index in [1.807, 2.05) is 6.08 Å². The van der Waals surface area contributed by atoms with Crippen LogP contribution in [-0.2, 0) is 14.3 Å². The number of ether oxygens (including phenoxy) is 2. The van der Waals surface area contributed by atoms with E-state index in [4.69, 9.17) is 14.6 Å². The van der Waals surface area contributed by atoms with Crippen LogP contribution in [0.1, 0.15) is 25.7 Å². The number of hydrogen-bond acceptors (Lipinski definition) is 7. The maximum Gasteiger partial charge on any atom is 0.532 e. The molecule has 1 aliphatic carbocycles. The third-order valence-electron chi connectivity index (χ3n) is 3.78. The summed E-state index contributed by atoms with van der Waals surface area (Å²) >= 11 is 0. The summed E-state index contributed by atoms with van der Waals surface area (Å²) in [5.74, 6) is 0. The van der Waals surface area contributed by atoms with Gasteiger partial charge in [-0.2, -0.15) is 0 Å². The molecule has 0 aromatic rings. The molecule has 0 aromatic carbocycles. The van der Waals surface area contributed by atoms with Gasteiger partial charge in [0.15, 0.2) is 6.10 Å². The highest BCUT2D eigenvalue weighted by atomic mass is 16.8. The van der Waals surface area contributed by atoms with Crippen LogP contribution in [0.4, 0.5) is 9.59 Å². The van der Waals surface area contributed by atoms with Gasteiger partial charge in [0.25, 0.3) is 0 Å². The molecule has 0 spiro atoms. The van der Waals surface area contributed by atoms with Crippen LogP contribution in [0, 0.1) is 0 Å². The number of allylic oxidation sites excluding steroid dienone is 2. The summed E-state index contributed by atoms with van der Waals surface area (Å²) < 4.78 is 10.0. The summed E-state index contributed by atoms with van der Waals surface area (Å²) in [5.41, 5.74) is 3.21. The Bertz CT molecular complexity index is 592. The van der Waals surface area contributed by atoms with Crippen molar-refractivity contribution in [3.05, 3.63) is 22.9 Å². The molecule has 2 heterocycles. The number of carboxylic acid groups (broad SMARTS) is 1. The monoisotopic (exact) mass is 308 g/mol. The minimum atomic E-state index is -1.45. The van der Waals surface area contributed by atoms with Gasteiger partial charge >= 0.3 is 12.3 Å². The van der Waals surface area contributed by atoms with E-state index >= 15 is 0 Å². The van der Waals surface area contributed by atoms with Gasteiger partial charge in [-0.25, -0.2) is 9.59 Å². The van der Waals surface area contributed by atoms with Crippen molar-refractivity contribution in [3.63, 3.8) is 0 Å². The molecule has 8 heteroatoms. The van der Waals surface area contributed by atoms with Crippen LogP contribution in [0.15, 0.2) is 28.1 Å². The normalized spacial score (nSPS) is 26.4. The molecule has 0 bridgehead atoms. The van der Waals surface area contributed by atoms with Crippen LogP contribution in [0.5, 0.6) is 0 Å². The number of nitrogens with one attached hydrogen (secondary N) is 1. The SMILES string of the molecule is O=C(O)ON=C1CC=C(C2COC(=O)O2)C2=C1NCCCC2. The first-order valence-electron chi connectivity index (χ1n) is 7.13. The maximum atomic E-state index is 11.2. The smallest absolute Gasteiger partial charge is 0.448 e. The van der Waals surface area contributed by atoms with Crippen LogP contribution in [0.3, 0.4) is 0 Å². The molecule has 118 valence electrons. The van der Waals surface area contributed by atoms with Gasteiger partial charge in [0.2, 0.25) is 0 Å². The number of nitrogens with zero attached hydrogens (tertiary/aromatic N) is 1. The second kappa shape index (κ2) is 6.08. The van der Waals surface area contributed by atoms with Crippen LogP contribution in [-0.4, -0.2) is 42.4 Å². The summed E-state index contributed by atoms with van der Waals surface area (Å²) in [6.07, 6.45) is 2.55. The highest BCUT2D eigenvalue weighted by molar-refractivity contribution is 6.03. The average Bonchev–Trinajstić information content (AvgIpc) is 2.77. The molecular weight excluding hydrogens is 292 g/mol. The van der Waals surface area contributed by atoms with Gasteiger partial charge in [-0.1, -0.05) is 11.2 Å². The first kappa shape index (κ1) is 14.4. The largest absolute Gasteiger partial charge is 0.532 e. The van der Waals surface area contributed by atoms with Crippen molar-refractivity contribution >= 4 is 18.0 Å². The Morgan fingerprint density at radius 2 is 2.32 bits per heavy atom. The van der Waals surface area contributed by atoms with Crippen molar-refractivity contribution in [2.75, 3.05) is 13.2 Å². The Balaban J connectivity index is 1.90. The van der Waals surface area contributed by atoms with Gasteiger partial charge in [-0.3, -0.25) is 4.84 Å². The van der Waals surface area contributed by atoms with Crippen LogP contribution in [0.25, 0.3) is 0 Å². The van der Waals surface area contributed by atoms with Crippen molar-refractivity contribution < 1.29 is 29.0 Å². The number of hydrogen-bond donors (Lipinski definition) is 2. The van der Waals surface area contributed by atoms with Gasteiger partial charge in [0, 0.05) is 13.0 Å². The van der Waals surface area contributed by atoms with Crippen molar-refractivity contribution in [3.8, 4) is 0 Å². The second-order valence-corrected chi connectivity index (χ2v) is 5.16. The standard InChI is InChI=1S/C14H16N2O6/c17-13(18)22-16-10-5-4-8(11-7-20-14(19)21-11)9-3-1-2-6-15-12(9)10/h4,11,15H,1-3,5-7H2,(H,17,18). The van der Waals surface area contributed by atoms with Gasteiger partial charge in [-0.15, -0.1) is 0 Å². The molecule has 0 amide bonds. The van der Waals surface area contributed by atoms with E-state index < -0.39 is 18.4 Å². The first-order valence-corrected chi connectivity index (χ1v) is 7.13. The molecule has 0 saturated carbocycles. The average molecular weight is 308 g/mol. The molecule has 22 heavy (non-hydrogen) atoms. The Kier molecular flexibility index (Phi) is 3.99. The lowest BCUT2D eigenvalue weighted by Gasteiger charge is -2.24. The fourth-order valence-corrected chi connectivity index (χ4v) is 2.85. The molecule has 1 atom stereocenters. The van der Waals surface area contributed by atoms with E-state index in [1.165, 1.54) is 0 Å². The topological polar surface area (TPSA) is 106 Å². The second-order valence-electron chi connectivity index (χ2n) is 5.16. The lowest BCUT2D eigenvalue weighted by Crippen LogP contribution is -2.28. The van der Waals surface area contributed by atoms with E-state index in [1.54, 1.807) is 0 Å². The van der Waals surface area contributed by atoms with Gasteiger partial charge in [-0.05, 0) is 30.4 Å². The maximum absolute atomic E-state index is 11.2. The zero-order valence-electron chi connectivity index (χ0n) is 11.8. The summed E-state index contributed by atoms with van der Waals surface area (Å²) in [7, 11) is 0. The summed E-state index contributed by atoms with van der Waals surface area (Å²) in [6, 6.07) is 0. The fourth-order valence-electron chi connectivity index (χ4n) is 2.85. The van der Waals surface area contributed by atoms with E-state index in [0.29, 0.717) is 12.1 Å². The highest BCUT2D eigenvalue weighted by Crippen LogP contribution is 2.33. The summed E-state index contributed by atoms with van der Waals surface area (Å²) in [4.78, 5) is 26.0. The summed E-state index contributed by atoms with van der Waals surface area (Å²) in [5, 5.41) is 15.6. The minimum Gasteiger partial charge on any atom is -0.448 e. The molecule has 8 nitrogen and oxygen atoms in total. The molecule has 0 radical (unpaired) electrons. The zero-order valence-corrected chi connectivity index (χ0v) is 11.8. The van der Waals surface area contributed by atoms with Crippen molar-refractivity contribution in [1.29, 1.82) is 0 Å². The Morgan fingerprint density at radius 3 is 3.05 bits per heavy atom. The van der Waals surface area contributed by atoms with Crippen LogP contribution in [0.2, 0.25) is 0 Å². The Hall–Kier alpha value is -2.51. The third-order valence-corrected chi connectivity index (χ3v) is 3.78. The number of rotatable bonds is 2. The van der Waals surface area contributed by atoms with Crippen LogP contribution < -0.4 is 5.32 Å². The predicted octanol–water partition coefficient (Wildman–Crippen LogP) is 1.93. The predicted molar refractivity (Wildman–Crippen MR) is 74.3 cm³/mol. The highest BCUT2D eigenvalue weighted by Gasteiger charge is 2.34. The fraction of sp³-hybridized carbons (Fsp3) is 0.500. The quantitative estimate of drug-likeness (QED) is 0.456. The summed E-state index contributed by atoms with van der Waals surface area (Å²) in [6.45, 7) is 0.971. The zero-order chi connectivity index (χ0) is 15.5. The number of cyclic esters (lactones) is 2. The van der Waals surface area contributed by atoms with Gasteiger partial charge in [0.1, 0.15) is 12.3 Å².